The normalized spacial score (nSPS) is 10.2. The summed E-state index contributed by atoms with van der Waals surface area (Å²) in [4.78, 5) is 8.26. The molecule has 0 aliphatic carbocycles. The molecule has 0 aliphatic heterocycles. The number of nitrogens with one attached hydrogen (secondary N) is 1. The van der Waals surface area contributed by atoms with Gasteiger partial charge in [-0.15, -0.1) is 0 Å². The Kier molecular flexibility index (Phi) is 3.99. The highest BCUT2D eigenvalue weighted by Gasteiger charge is 2.01. The second-order valence-corrected chi connectivity index (χ2v) is 4.09. The maximum atomic E-state index is 5.87. The molecule has 1 heterocycles. The van der Waals surface area contributed by atoms with Crippen molar-refractivity contribution in [3.8, 4) is 5.75 Å². The van der Waals surface area contributed by atoms with Gasteiger partial charge in [0.1, 0.15) is 22.5 Å². The monoisotopic (exact) mass is 263 g/mol. The minimum Gasteiger partial charge on any atom is -0.494 e. The average molecular weight is 264 g/mol. The van der Waals surface area contributed by atoms with Gasteiger partial charge in [0.05, 0.1) is 6.61 Å². The van der Waals surface area contributed by atoms with Crippen molar-refractivity contribution in [2.75, 3.05) is 11.9 Å². The zero-order valence-electron chi connectivity index (χ0n) is 10.3. The predicted octanol–water partition coefficient (Wildman–Crippen LogP) is 3.58. The van der Waals surface area contributed by atoms with Crippen LogP contribution in [0.2, 0.25) is 5.15 Å². The van der Waals surface area contributed by atoms with Crippen LogP contribution in [0, 0.1) is 6.92 Å². The number of ether oxygens (including phenoxy) is 1. The van der Waals surface area contributed by atoms with E-state index in [-0.39, 0.29) is 0 Å². The van der Waals surface area contributed by atoms with Crippen molar-refractivity contribution >= 4 is 23.1 Å². The summed E-state index contributed by atoms with van der Waals surface area (Å²) in [7, 11) is 0. The van der Waals surface area contributed by atoms with Crippen molar-refractivity contribution in [3.63, 3.8) is 0 Å². The van der Waals surface area contributed by atoms with Gasteiger partial charge in [-0.25, -0.2) is 9.97 Å². The first-order chi connectivity index (χ1) is 8.67. The number of rotatable bonds is 4. The van der Waals surface area contributed by atoms with Crippen molar-refractivity contribution in [1.82, 2.24) is 9.97 Å². The highest BCUT2D eigenvalue weighted by atomic mass is 35.5. The van der Waals surface area contributed by atoms with Crippen molar-refractivity contribution in [3.05, 3.63) is 41.3 Å². The molecule has 0 saturated heterocycles. The third-order valence-corrected chi connectivity index (χ3v) is 2.44. The zero-order valence-corrected chi connectivity index (χ0v) is 11.0. The fourth-order valence-corrected chi connectivity index (χ4v) is 1.77. The van der Waals surface area contributed by atoms with E-state index in [1.807, 2.05) is 31.2 Å². The molecule has 0 atom stereocenters. The number of anilines is 2. The molecule has 1 aromatic heterocycles. The Hall–Kier alpha value is -1.81. The first-order valence-corrected chi connectivity index (χ1v) is 6.06. The van der Waals surface area contributed by atoms with Gasteiger partial charge in [0.25, 0.3) is 0 Å². The quantitative estimate of drug-likeness (QED) is 0.857. The van der Waals surface area contributed by atoms with Gasteiger partial charge in [-0.1, -0.05) is 11.6 Å². The van der Waals surface area contributed by atoms with Gasteiger partial charge in [0.15, 0.2) is 0 Å². The van der Waals surface area contributed by atoms with E-state index in [0.717, 1.165) is 11.4 Å². The van der Waals surface area contributed by atoms with E-state index >= 15 is 0 Å². The number of benzene rings is 1. The molecule has 0 fully saturated rings. The fourth-order valence-electron chi connectivity index (χ4n) is 1.54. The third-order valence-electron chi connectivity index (χ3n) is 2.24. The molecule has 0 bridgehead atoms. The molecular weight excluding hydrogens is 250 g/mol. The molecule has 5 heteroatoms. The molecule has 1 N–H and O–H groups in total. The number of aromatic nitrogens is 2. The van der Waals surface area contributed by atoms with E-state index < -0.39 is 0 Å². The first kappa shape index (κ1) is 12.6. The van der Waals surface area contributed by atoms with Crippen LogP contribution in [0.3, 0.4) is 0 Å². The maximum Gasteiger partial charge on any atom is 0.135 e. The molecule has 0 unspecified atom stereocenters. The minimum atomic E-state index is 0.427. The van der Waals surface area contributed by atoms with Gasteiger partial charge >= 0.3 is 0 Å². The first-order valence-electron chi connectivity index (χ1n) is 5.68. The Morgan fingerprint density at radius 3 is 2.56 bits per heavy atom. The van der Waals surface area contributed by atoms with E-state index in [4.69, 9.17) is 16.3 Å². The predicted molar refractivity (Wildman–Crippen MR) is 72.7 cm³/mol. The number of halogens is 1. The lowest BCUT2D eigenvalue weighted by Crippen LogP contribution is -1.97. The molecule has 1 aromatic carbocycles. The lowest BCUT2D eigenvalue weighted by atomic mass is 10.3. The van der Waals surface area contributed by atoms with E-state index in [0.29, 0.717) is 23.4 Å². The highest BCUT2D eigenvalue weighted by molar-refractivity contribution is 6.29. The molecular formula is C13H14ClN3O. The zero-order chi connectivity index (χ0) is 13.0. The number of hydrogen-bond donors (Lipinski definition) is 1. The summed E-state index contributed by atoms with van der Waals surface area (Å²) in [6.45, 7) is 4.42. The van der Waals surface area contributed by atoms with Crippen LogP contribution in [0.5, 0.6) is 5.75 Å². The molecule has 18 heavy (non-hydrogen) atoms. The SMILES string of the molecule is CCOc1ccc(Nc2cc(Cl)nc(C)n2)cc1. The molecule has 0 aliphatic rings. The number of aryl methyl sites for hydroxylation is 1. The molecule has 0 amide bonds. The van der Waals surface area contributed by atoms with Crippen LogP contribution in [0.1, 0.15) is 12.7 Å². The Morgan fingerprint density at radius 1 is 1.22 bits per heavy atom. The lowest BCUT2D eigenvalue weighted by Gasteiger charge is -2.08. The number of nitrogens with zero attached hydrogens (tertiary/aromatic N) is 2. The van der Waals surface area contributed by atoms with E-state index in [9.17, 15) is 0 Å². The van der Waals surface area contributed by atoms with Gasteiger partial charge in [-0.3, -0.25) is 0 Å². The summed E-state index contributed by atoms with van der Waals surface area (Å²) in [5, 5.41) is 3.59. The lowest BCUT2D eigenvalue weighted by molar-refractivity contribution is 0.340. The van der Waals surface area contributed by atoms with Crippen molar-refractivity contribution in [2.45, 2.75) is 13.8 Å². The van der Waals surface area contributed by atoms with Gasteiger partial charge in [-0.2, -0.15) is 0 Å². The summed E-state index contributed by atoms with van der Waals surface area (Å²) in [5.41, 5.74) is 0.924. The van der Waals surface area contributed by atoms with E-state index in [1.165, 1.54) is 0 Å². The van der Waals surface area contributed by atoms with Crippen molar-refractivity contribution < 1.29 is 4.74 Å². The van der Waals surface area contributed by atoms with E-state index in [1.54, 1.807) is 13.0 Å². The molecule has 4 nitrogen and oxygen atoms in total. The summed E-state index contributed by atoms with van der Waals surface area (Å²) in [5.74, 6) is 2.16. The summed E-state index contributed by atoms with van der Waals surface area (Å²) < 4.78 is 5.37. The third kappa shape index (κ3) is 3.34. The molecule has 94 valence electrons. The second-order valence-electron chi connectivity index (χ2n) is 3.71. The van der Waals surface area contributed by atoms with Crippen LogP contribution < -0.4 is 10.1 Å². The largest absolute Gasteiger partial charge is 0.494 e. The molecule has 0 saturated carbocycles. The maximum absolute atomic E-state index is 5.87. The van der Waals surface area contributed by atoms with Gasteiger partial charge in [0.2, 0.25) is 0 Å². The molecule has 0 radical (unpaired) electrons. The minimum absolute atomic E-state index is 0.427. The standard InChI is InChI=1S/C13H14ClN3O/c1-3-18-11-6-4-10(5-7-11)17-13-8-12(14)15-9(2)16-13/h4-8H,3H2,1-2H3,(H,15,16,17). The van der Waals surface area contributed by atoms with Crippen LogP contribution in [-0.4, -0.2) is 16.6 Å². The van der Waals surface area contributed by atoms with Gasteiger partial charge in [0, 0.05) is 11.8 Å². The summed E-state index contributed by atoms with van der Waals surface area (Å²) >= 11 is 5.87. The van der Waals surface area contributed by atoms with E-state index in [2.05, 4.69) is 15.3 Å². The van der Waals surface area contributed by atoms with Gasteiger partial charge in [-0.05, 0) is 38.1 Å². The molecule has 0 spiro atoms. The number of hydrogen-bond acceptors (Lipinski definition) is 4. The van der Waals surface area contributed by atoms with Crippen LogP contribution >= 0.6 is 11.6 Å². The van der Waals surface area contributed by atoms with Crippen molar-refractivity contribution in [2.24, 2.45) is 0 Å². The Bertz CT molecular complexity index is 508. The van der Waals surface area contributed by atoms with Gasteiger partial charge < -0.3 is 10.1 Å². The van der Waals surface area contributed by atoms with Crippen molar-refractivity contribution in [1.29, 1.82) is 0 Å². The Morgan fingerprint density at radius 2 is 1.94 bits per heavy atom. The fraction of sp³-hybridized carbons (Fsp3) is 0.231. The molecule has 2 aromatic rings. The smallest absolute Gasteiger partial charge is 0.135 e. The average Bonchev–Trinajstić information content (AvgIpc) is 2.31. The highest BCUT2D eigenvalue weighted by Crippen LogP contribution is 2.20. The van der Waals surface area contributed by atoms with Crippen LogP contribution in [-0.2, 0) is 0 Å². The van der Waals surface area contributed by atoms with Crippen LogP contribution in [0.25, 0.3) is 0 Å². The Balaban J connectivity index is 2.13. The van der Waals surface area contributed by atoms with Crippen LogP contribution in [0.15, 0.2) is 30.3 Å². The van der Waals surface area contributed by atoms with Crippen LogP contribution in [0.4, 0.5) is 11.5 Å². The topological polar surface area (TPSA) is 47.0 Å². The summed E-state index contributed by atoms with van der Waals surface area (Å²) in [6.07, 6.45) is 0. The molecule has 2 rings (SSSR count). The summed E-state index contributed by atoms with van der Waals surface area (Å²) in [6, 6.07) is 9.35. The second kappa shape index (κ2) is 5.69. The Labute approximate surface area is 111 Å².